The van der Waals surface area contributed by atoms with Crippen LogP contribution in [-0.2, 0) is 14.8 Å². The summed E-state index contributed by atoms with van der Waals surface area (Å²) in [5.41, 5.74) is -0.760. The van der Waals surface area contributed by atoms with Crippen molar-refractivity contribution >= 4 is 31.9 Å². The smallest absolute Gasteiger partial charge is 0.335 e. The number of nitrogens with one attached hydrogen (secondary N) is 1. The Morgan fingerprint density at radius 1 is 1.45 bits per heavy atom. The van der Waals surface area contributed by atoms with Crippen molar-refractivity contribution in [3.8, 4) is 0 Å². The van der Waals surface area contributed by atoms with E-state index in [1.54, 1.807) is 13.8 Å². The number of hydrogen-bond acceptors (Lipinski definition) is 4. The Bertz CT molecular complexity index is 612. The summed E-state index contributed by atoms with van der Waals surface area (Å²) < 4.78 is 32.2. The number of sulfonamides is 1. The lowest BCUT2D eigenvalue weighted by molar-refractivity contribution is 0.0276. The summed E-state index contributed by atoms with van der Waals surface area (Å²) in [5, 5.41) is 8.91. The minimum atomic E-state index is -3.83. The van der Waals surface area contributed by atoms with Crippen LogP contribution in [0.4, 0.5) is 0 Å². The van der Waals surface area contributed by atoms with Crippen molar-refractivity contribution in [1.82, 2.24) is 4.72 Å². The van der Waals surface area contributed by atoms with Crippen LogP contribution in [0.2, 0.25) is 0 Å². The van der Waals surface area contributed by atoms with Gasteiger partial charge in [-0.05, 0) is 48.0 Å². The van der Waals surface area contributed by atoms with Crippen molar-refractivity contribution < 1.29 is 23.1 Å². The van der Waals surface area contributed by atoms with Crippen molar-refractivity contribution in [3.63, 3.8) is 0 Å². The normalized spacial score (nSPS) is 12.4. The molecule has 0 aliphatic carbocycles. The lowest BCUT2D eigenvalue weighted by Gasteiger charge is -2.23. The zero-order chi connectivity index (χ0) is 15.6. The van der Waals surface area contributed by atoms with Gasteiger partial charge in [-0.1, -0.05) is 0 Å². The maximum absolute atomic E-state index is 12.2. The molecule has 0 amide bonds. The second-order valence-electron chi connectivity index (χ2n) is 4.74. The van der Waals surface area contributed by atoms with Gasteiger partial charge in [0.15, 0.2) is 0 Å². The van der Waals surface area contributed by atoms with Crippen LogP contribution < -0.4 is 4.72 Å². The highest BCUT2D eigenvalue weighted by atomic mass is 79.9. The molecule has 0 spiro atoms. The Labute approximate surface area is 126 Å². The molecule has 0 saturated heterocycles. The Morgan fingerprint density at radius 2 is 2.05 bits per heavy atom. The van der Waals surface area contributed by atoms with Crippen LogP contribution in [0.25, 0.3) is 0 Å². The lowest BCUT2D eigenvalue weighted by Crippen LogP contribution is -2.39. The third kappa shape index (κ3) is 4.27. The average Bonchev–Trinajstić information content (AvgIpc) is 2.37. The molecule has 0 bridgehead atoms. The van der Waals surface area contributed by atoms with E-state index >= 15 is 0 Å². The molecule has 1 aromatic rings. The van der Waals surface area contributed by atoms with Gasteiger partial charge in [-0.3, -0.25) is 0 Å². The van der Waals surface area contributed by atoms with Crippen LogP contribution in [0.3, 0.4) is 0 Å². The van der Waals surface area contributed by atoms with Gasteiger partial charge in [0, 0.05) is 18.1 Å². The number of ether oxygens (including phenoxy) is 1. The van der Waals surface area contributed by atoms with Gasteiger partial charge in [0.1, 0.15) is 0 Å². The summed E-state index contributed by atoms with van der Waals surface area (Å²) >= 11 is 3.11. The number of aromatic carboxylic acids is 1. The first-order valence-electron chi connectivity index (χ1n) is 5.67. The highest BCUT2D eigenvalue weighted by Crippen LogP contribution is 2.23. The molecular weight excluding hydrogens is 350 g/mol. The summed E-state index contributed by atoms with van der Waals surface area (Å²) in [6.45, 7) is 3.53. The first-order chi connectivity index (χ1) is 9.09. The predicted molar refractivity (Wildman–Crippen MR) is 77.4 cm³/mol. The zero-order valence-corrected chi connectivity index (χ0v) is 13.7. The standard InChI is InChI=1S/C12H16BrNO5S/c1-12(2,19-3)7-14-20(17,18)10-6-8(11(15)16)4-5-9(10)13/h4-6,14H,7H2,1-3H3,(H,15,16). The Balaban J connectivity index is 3.09. The molecule has 0 atom stereocenters. The van der Waals surface area contributed by atoms with Gasteiger partial charge in [0.25, 0.3) is 0 Å². The van der Waals surface area contributed by atoms with Gasteiger partial charge in [0.05, 0.1) is 16.1 Å². The maximum atomic E-state index is 12.2. The van der Waals surface area contributed by atoms with Crippen molar-refractivity contribution in [2.24, 2.45) is 0 Å². The van der Waals surface area contributed by atoms with Gasteiger partial charge in [0.2, 0.25) is 10.0 Å². The third-order valence-electron chi connectivity index (χ3n) is 2.71. The van der Waals surface area contributed by atoms with Crippen LogP contribution in [0.5, 0.6) is 0 Å². The van der Waals surface area contributed by atoms with Gasteiger partial charge < -0.3 is 9.84 Å². The molecule has 0 fully saturated rings. The summed E-state index contributed by atoms with van der Waals surface area (Å²) in [7, 11) is -2.35. The van der Waals surface area contributed by atoms with E-state index < -0.39 is 21.6 Å². The first-order valence-corrected chi connectivity index (χ1v) is 7.94. The van der Waals surface area contributed by atoms with E-state index in [1.807, 2.05) is 0 Å². The fourth-order valence-corrected chi connectivity index (χ4v) is 3.45. The van der Waals surface area contributed by atoms with E-state index in [2.05, 4.69) is 20.7 Å². The van der Waals surface area contributed by atoms with Gasteiger partial charge in [-0.2, -0.15) is 0 Å². The molecule has 8 heteroatoms. The number of hydrogen-bond donors (Lipinski definition) is 2. The van der Waals surface area contributed by atoms with Crippen LogP contribution in [0, 0.1) is 0 Å². The molecule has 0 saturated carbocycles. The Kier molecular flexibility index (Phi) is 5.31. The largest absolute Gasteiger partial charge is 0.478 e. The topological polar surface area (TPSA) is 92.7 Å². The highest BCUT2D eigenvalue weighted by molar-refractivity contribution is 9.10. The van der Waals surface area contributed by atoms with Gasteiger partial charge in [-0.15, -0.1) is 0 Å². The fourth-order valence-electron chi connectivity index (χ4n) is 1.26. The summed E-state index contributed by atoms with van der Waals surface area (Å²) in [6, 6.07) is 3.82. The molecule has 0 heterocycles. The molecule has 0 aromatic heterocycles. The molecule has 1 rings (SSSR count). The molecular formula is C12H16BrNO5S. The molecule has 112 valence electrons. The summed E-state index contributed by atoms with van der Waals surface area (Å²) in [4.78, 5) is 10.8. The van der Waals surface area contributed by atoms with Crippen LogP contribution in [0.15, 0.2) is 27.6 Å². The number of methoxy groups -OCH3 is 1. The molecule has 2 N–H and O–H groups in total. The number of benzene rings is 1. The molecule has 6 nitrogen and oxygen atoms in total. The van der Waals surface area contributed by atoms with Crippen molar-refractivity contribution in [3.05, 3.63) is 28.2 Å². The van der Waals surface area contributed by atoms with E-state index in [0.717, 1.165) is 6.07 Å². The maximum Gasteiger partial charge on any atom is 0.335 e. The van der Waals surface area contributed by atoms with Crippen LogP contribution in [0.1, 0.15) is 24.2 Å². The fraction of sp³-hybridized carbons (Fsp3) is 0.417. The lowest BCUT2D eigenvalue weighted by atomic mass is 10.1. The van der Waals surface area contributed by atoms with E-state index in [4.69, 9.17) is 9.84 Å². The van der Waals surface area contributed by atoms with E-state index in [0.29, 0.717) is 4.47 Å². The Hall–Kier alpha value is -0.960. The summed E-state index contributed by atoms with van der Waals surface area (Å²) in [6.07, 6.45) is 0. The zero-order valence-electron chi connectivity index (χ0n) is 11.3. The van der Waals surface area contributed by atoms with Gasteiger partial charge in [-0.25, -0.2) is 17.9 Å². The minimum Gasteiger partial charge on any atom is -0.478 e. The number of carbonyl (C=O) groups is 1. The number of carboxylic acids is 1. The number of rotatable bonds is 6. The van der Waals surface area contributed by atoms with Crippen molar-refractivity contribution in [2.75, 3.05) is 13.7 Å². The quantitative estimate of drug-likeness (QED) is 0.802. The van der Waals surface area contributed by atoms with E-state index in [1.165, 1.54) is 19.2 Å². The number of halogens is 1. The van der Waals surface area contributed by atoms with Crippen LogP contribution in [-0.4, -0.2) is 38.7 Å². The first kappa shape index (κ1) is 17.1. The van der Waals surface area contributed by atoms with E-state index in [-0.39, 0.29) is 17.0 Å². The SMILES string of the molecule is COC(C)(C)CNS(=O)(=O)c1cc(C(=O)O)ccc1Br. The van der Waals surface area contributed by atoms with Crippen LogP contribution >= 0.6 is 15.9 Å². The van der Waals surface area contributed by atoms with E-state index in [9.17, 15) is 13.2 Å². The number of carboxylic acid groups (broad SMARTS) is 1. The Morgan fingerprint density at radius 3 is 2.55 bits per heavy atom. The predicted octanol–water partition coefficient (Wildman–Crippen LogP) is 1.85. The molecule has 0 unspecified atom stereocenters. The monoisotopic (exact) mass is 365 g/mol. The van der Waals surface area contributed by atoms with Gasteiger partial charge >= 0.3 is 5.97 Å². The second kappa shape index (κ2) is 6.21. The molecule has 1 aromatic carbocycles. The van der Waals surface area contributed by atoms with Crippen molar-refractivity contribution in [1.29, 1.82) is 0 Å². The molecule has 0 aliphatic rings. The average molecular weight is 366 g/mol. The van der Waals surface area contributed by atoms with Crippen molar-refractivity contribution in [2.45, 2.75) is 24.3 Å². The minimum absolute atomic E-state index is 0.0651. The second-order valence-corrected chi connectivity index (χ2v) is 7.33. The molecule has 0 aliphatic heterocycles. The molecule has 20 heavy (non-hydrogen) atoms. The highest BCUT2D eigenvalue weighted by Gasteiger charge is 2.24. The summed E-state index contributed by atoms with van der Waals surface area (Å²) in [5.74, 6) is -1.19. The third-order valence-corrected chi connectivity index (χ3v) is 5.10. The molecule has 0 radical (unpaired) electrons.